The molecule has 4 N–H and O–H groups in total. The van der Waals surface area contributed by atoms with Crippen LogP contribution in [0.2, 0.25) is 0 Å². The topological polar surface area (TPSA) is 103 Å². The summed E-state index contributed by atoms with van der Waals surface area (Å²) in [5.74, 6) is -0.974. The highest BCUT2D eigenvalue weighted by Crippen LogP contribution is 2.12. The van der Waals surface area contributed by atoms with Crippen molar-refractivity contribution in [3.8, 4) is 0 Å². The number of aromatic nitrogens is 1. The molecule has 0 amide bonds. The molecule has 0 fully saturated rings. The van der Waals surface area contributed by atoms with Gasteiger partial charge in [0, 0.05) is 6.20 Å². The zero-order chi connectivity index (χ0) is 11.3. The lowest BCUT2D eigenvalue weighted by atomic mass is 10.2. The van der Waals surface area contributed by atoms with Crippen LogP contribution in [0.1, 0.15) is 10.4 Å². The smallest absolute Gasteiger partial charge is 0.339 e. The van der Waals surface area contributed by atoms with Gasteiger partial charge in [-0.25, -0.2) is 9.78 Å². The van der Waals surface area contributed by atoms with E-state index >= 15 is 0 Å². The highest BCUT2D eigenvalue weighted by atomic mass is 16.4. The summed E-state index contributed by atoms with van der Waals surface area (Å²) in [6.07, 6.45) is 1.43. The van der Waals surface area contributed by atoms with Crippen LogP contribution in [0.25, 0.3) is 0 Å². The Morgan fingerprint density at radius 3 is 2.67 bits per heavy atom. The number of carboxylic acids is 1. The van der Waals surface area contributed by atoms with Gasteiger partial charge in [0.25, 0.3) is 0 Å². The maximum Gasteiger partial charge on any atom is 0.339 e. The second-order valence-electron chi connectivity index (χ2n) is 2.91. The minimum Gasteiger partial charge on any atom is -0.478 e. The number of hydrogen-bond donors (Lipinski definition) is 4. The third-order valence-electron chi connectivity index (χ3n) is 1.82. The minimum atomic E-state index is -1.11. The van der Waals surface area contributed by atoms with Gasteiger partial charge in [-0.05, 0) is 12.1 Å². The van der Waals surface area contributed by atoms with Gasteiger partial charge in [0.2, 0.25) is 0 Å². The molecule has 0 aliphatic rings. The zero-order valence-electron chi connectivity index (χ0n) is 7.92. The Hall–Kier alpha value is -1.66. The number of hydrogen-bond acceptors (Lipinski definition) is 5. The first-order chi connectivity index (χ1) is 7.19. The predicted molar refractivity (Wildman–Crippen MR) is 52.8 cm³/mol. The Morgan fingerprint density at radius 2 is 2.13 bits per heavy atom. The van der Waals surface area contributed by atoms with Crippen molar-refractivity contribution in [2.75, 3.05) is 18.5 Å². The lowest BCUT2D eigenvalue weighted by molar-refractivity contribution is 0.0697. The second kappa shape index (κ2) is 5.28. The van der Waals surface area contributed by atoms with E-state index in [2.05, 4.69) is 10.3 Å². The van der Waals surface area contributed by atoms with Gasteiger partial charge in [0.05, 0.1) is 19.3 Å². The molecule has 0 saturated carbocycles. The summed E-state index contributed by atoms with van der Waals surface area (Å²) >= 11 is 0. The van der Waals surface area contributed by atoms with Crippen molar-refractivity contribution in [2.45, 2.75) is 6.04 Å². The first-order valence-electron chi connectivity index (χ1n) is 4.35. The summed E-state index contributed by atoms with van der Waals surface area (Å²) in [6, 6.07) is 2.28. The van der Waals surface area contributed by atoms with Gasteiger partial charge in [0.1, 0.15) is 11.4 Å². The van der Waals surface area contributed by atoms with Gasteiger partial charge in [-0.1, -0.05) is 0 Å². The van der Waals surface area contributed by atoms with Crippen LogP contribution in [0, 0.1) is 0 Å². The maximum atomic E-state index is 10.8. The number of nitrogens with one attached hydrogen (secondary N) is 1. The summed E-state index contributed by atoms with van der Waals surface area (Å²) < 4.78 is 0. The number of anilines is 1. The molecule has 82 valence electrons. The quantitative estimate of drug-likeness (QED) is 0.527. The van der Waals surface area contributed by atoms with Crippen LogP contribution in [0.15, 0.2) is 18.3 Å². The number of aliphatic hydroxyl groups excluding tert-OH is 2. The van der Waals surface area contributed by atoms with Crippen LogP contribution < -0.4 is 5.32 Å². The van der Waals surface area contributed by atoms with Crippen LogP contribution in [-0.4, -0.2) is 45.5 Å². The summed E-state index contributed by atoms with van der Waals surface area (Å²) in [5.41, 5.74) is 0.00407. The van der Waals surface area contributed by atoms with Crippen LogP contribution in [0.5, 0.6) is 0 Å². The van der Waals surface area contributed by atoms with Crippen molar-refractivity contribution < 1.29 is 20.1 Å². The molecular formula is C9H12N2O4. The van der Waals surface area contributed by atoms with Gasteiger partial charge >= 0.3 is 5.97 Å². The van der Waals surface area contributed by atoms with E-state index in [-0.39, 0.29) is 24.6 Å². The fourth-order valence-electron chi connectivity index (χ4n) is 1.04. The molecule has 0 radical (unpaired) electrons. The Kier molecular flexibility index (Phi) is 4.02. The summed E-state index contributed by atoms with van der Waals surface area (Å²) in [7, 11) is 0. The predicted octanol–water partition coefficient (Wildman–Crippen LogP) is -0.455. The lowest BCUT2D eigenvalue weighted by Crippen LogP contribution is -2.29. The first kappa shape index (κ1) is 11.4. The highest BCUT2D eigenvalue weighted by molar-refractivity contribution is 5.93. The fourth-order valence-corrected chi connectivity index (χ4v) is 1.04. The molecule has 1 rings (SSSR count). The number of aliphatic hydroxyl groups is 2. The van der Waals surface area contributed by atoms with Gasteiger partial charge in [0.15, 0.2) is 0 Å². The molecule has 0 aliphatic heterocycles. The molecule has 1 heterocycles. The normalized spacial score (nSPS) is 10.3. The Labute approximate surface area is 86.2 Å². The average Bonchev–Trinajstić information content (AvgIpc) is 2.26. The van der Waals surface area contributed by atoms with Gasteiger partial charge in [-0.3, -0.25) is 0 Å². The molecule has 6 nitrogen and oxygen atoms in total. The van der Waals surface area contributed by atoms with E-state index in [0.29, 0.717) is 0 Å². The molecular weight excluding hydrogens is 200 g/mol. The van der Waals surface area contributed by atoms with E-state index in [9.17, 15) is 4.79 Å². The third-order valence-corrected chi connectivity index (χ3v) is 1.82. The fraction of sp³-hybridized carbons (Fsp3) is 0.333. The average molecular weight is 212 g/mol. The van der Waals surface area contributed by atoms with E-state index in [4.69, 9.17) is 15.3 Å². The van der Waals surface area contributed by atoms with Gasteiger partial charge in [-0.15, -0.1) is 0 Å². The molecule has 0 aliphatic carbocycles. The Bertz CT molecular complexity index is 339. The number of pyridine rings is 1. The standard InChI is InChI=1S/C9H12N2O4/c12-4-6(5-13)11-8-7(9(14)15)2-1-3-10-8/h1-3,6,12-13H,4-5H2,(H,10,11)(H,14,15). The summed E-state index contributed by atoms with van der Waals surface area (Å²) in [5, 5.41) is 29.1. The minimum absolute atomic E-state index is 0.00407. The van der Waals surface area contributed by atoms with E-state index in [0.717, 1.165) is 0 Å². The third kappa shape index (κ3) is 2.90. The molecule has 0 bridgehead atoms. The number of aromatic carboxylic acids is 1. The number of nitrogens with zero attached hydrogens (tertiary/aromatic N) is 1. The summed E-state index contributed by atoms with van der Waals surface area (Å²) in [6.45, 7) is -0.599. The number of carboxylic acid groups (broad SMARTS) is 1. The van der Waals surface area contributed by atoms with E-state index < -0.39 is 12.0 Å². The maximum absolute atomic E-state index is 10.8. The first-order valence-corrected chi connectivity index (χ1v) is 4.35. The van der Waals surface area contributed by atoms with Crippen LogP contribution >= 0.6 is 0 Å². The van der Waals surface area contributed by atoms with Crippen molar-refractivity contribution in [3.63, 3.8) is 0 Å². The van der Waals surface area contributed by atoms with E-state index in [1.165, 1.54) is 18.3 Å². The molecule has 1 aromatic heterocycles. The van der Waals surface area contributed by atoms with Crippen LogP contribution in [0.4, 0.5) is 5.82 Å². The lowest BCUT2D eigenvalue weighted by Gasteiger charge is -2.15. The summed E-state index contributed by atoms with van der Waals surface area (Å²) in [4.78, 5) is 14.6. The molecule has 0 aromatic carbocycles. The number of carbonyl (C=O) groups is 1. The van der Waals surface area contributed by atoms with E-state index in [1.807, 2.05) is 0 Å². The van der Waals surface area contributed by atoms with Crippen molar-refractivity contribution in [1.82, 2.24) is 4.98 Å². The van der Waals surface area contributed by atoms with Crippen LogP contribution in [-0.2, 0) is 0 Å². The van der Waals surface area contributed by atoms with Crippen molar-refractivity contribution in [1.29, 1.82) is 0 Å². The molecule has 0 unspecified atom stereocenters. The molecule has 6 heteroatoms. The second-order valence-corrected chi connectivity index (χ2v) is 2.91. The Morgan fingerprint density at radius 1 is 1.47 bits per heavy atom. The number of rotatable bonds is 5. The molecule has 0 saturated heterocycles. The SMILES string of the molecule is O=C(O)c1cccnc1NC(CO)CO. The van der Waals surface area contributed by atoms with Crippen molar-refractivity contribution in [2.24, 2.45) is 0 Å². The monoisotopic (exact) mass is 212 g/mol. The largest absolute Gasteiger partial charge is 0.478 e. The van der Waals surface area contributed by atoms with Crippen LogP contribution in [0.3, 0.4) is 0 Å². The highest BCUT2D eigenvalue weighted by Gasteiger charge is 2.13. The molecule has 15 heavy (non-hydrogen) atoms. The Balaban J connectivity index is 2.88. The van der Waals surface area contributed by atoms with Crippen molar-refractivity contribution in [3.05, 3.63) is 23.9 Å². The van der Waals surface area contributed by atoms with Crippen molar-refractivity contribution >= 4 is 11.8 Å². The zero-order valence-corrected chi connectivity index (χ0v) is 7.92. The van der Waals surface area contributed by atoms with Gasteiger partial charge in [-0.2, -0.15) is 0 Å². The molecule has 0 atom stereocenters. The molecule has 1 aromatic rings. The molecule has 0 spiro atoms. The van der Waals surface area contributed by atoms with E-state index in [1.54, 1.807) is 0 Å². The van der Waals surface area contributed by atoms with Gasteiger partial charge < -0.3 is 20.6 Å².